The quantitative estimate of drug-likeness (QED) is 0.247. The molecule has 0 aliphatic carbocycles. The van der Waals surface area contributed by atoms with Gasteiger partial charge in [-0.05, 0) is 46.1 Å². The molecule has 0 radical (unpaired) electrons. The van der Waals surface area contributed by atoms with Crippen molar-refractivity contribution in [2.24, 2.45) is 4.99 Å². The predicted octanol–water partition coefficient (Wildman–Crippen LogP) is 3.80. The van der Waals surface area contributed by atoms with Crippen LogP contribution in [0.25, 0.3) is 0 Å². The van der Waals surface area contributed by atoms with Crippen molar-refractivity contribution in [3.8, 4) is 0 Å². The van der Waals surface area contributed by atoms with Crippen LogP contribution >= 0.6 is 24.0 Å². The van der Waals surface area contributed by atoms with Crippen molar-refractivity contribution in [3.63, 3.8) is 0 Å². The zero-order chi connectivity index (χ0) is 18.0. The maximum Gasteiger partial charge on any atom is 0.389 e. The smallest absolute Gasteiger partial charge is 0.357 e. The molecule has 0 unspecified atom stereocenters. The summed E-state index contributed by atoms with van der Waals surface area (Å²) in [6.45, 7) is 8.58. The molecule has 0 saturated heterocycles. The lowest BCUT2D eigenvalue weighted by Crippen LogP contribution is -2.38. The molecule has 0 fully saturated rings. The molecule has 1 rings (SSSR count). The Bertz CT molecular complexity index is 514. The molecule has 0 aliphatic rings. The molecule has 0 spiro atoms. The lowest BCUT2D eigenvalue weighted by molar-refractivity contribution is -0.135. The average molecular weight is 475 g/mol. The minimum absolute atomic E-state index is 0. The number of alkyl halides is 3. The second-order valence-electron chi connectivity index (χ2n) is 5.76. The molecule has 0 aromatic carbocycles. The van der Waals surface area contributed by atoms with Crippen LogP contribution in [0.3, 0.4) is 0 Å². The first-order chi connectivity index (χ1) is 11.3. The van der Waals surface area contributed by atoms with E-state index in [4.69, 9.17) is 0 Å². The van der Waals surface area contributed by atoms with Crippen LogP contribution in [0.5, 0.6) is 0 Å². The Morgan fingerprint density at radius 1 is 1.20 bits per heavy atom. The monoisotopic (exact) mass is 475 g/mol. The molecular formula is C16H29F3IN5. The summed E-state index contributed by atoms with van der Waals surface area (Å²) in [5.41, 5.74) is 2.14. The van der Waals surface area contributed by atoms with Crippen molar-refractivity contribution in [2.75, 3.05) is 19.6 Å². The zero-order valence-corrected chi connectivity index (χ0v) is 17.4. The van der Waals surface area contributed by atoms with Gasteiger partial charge < -0.3 is 10.6 Å². The van der Waals surface area contributed by atoms with Crippen molar-refractivity contribution in [1.82, 2.24) is 20.4 Å². The van der Waals surface area contributed by atoms with Crippen molar-refractivity contribution in [3.05, 3.63) is 17.5 Å². The van der Waals surface area contributed by atoms with Gasteiger partial charge in [0, 0.05) is 38.3 Å². The maximum atomic E-state index is 12.1. The van der Waals surface area contributed by atoms with E-state index in [0.29, 0.717) is 32.0 Å². The molecule has 25 heavy (non-hydrogen) atoms. The van der Waals surface area contributed by atoms with Crippen LogP contribution in [0.4, 0.5) is 13.2 Å². The van der Waals surface area contributed by atoms with E-state index in [0.717, 1.165) is 24.4 Å². The highest BCUT2D eigenvalue weighted by atomic mass is 127. The number of aliphatic imine (C=N–C) groups is 1. The standard InChI is InChI=1S/C16H28F3N5.HI/c1-4-20-15(21-9-6-5-8-16(17,18)19)22-10-7-11-24-14(3)12-13(2)23-24;/h12H,4-11H2,1-3H3,(H2,20,21,22);1H. The highest BCUT2D eigenvalue weighted by Crippen LogP contribution is 2.21. The molecule has 2 N–H and O–H groups in total. The van der Waals surface area contributed by atoms with Crippen molar-refractivity contribution < 1.29 is 13.2 Å². The third-order valence-electron chi connectivity index (χ3n) is 3.42. The fourth-order valence-electron chi connectivity index (χ4n) is 2.31. The molecule has 1 aromatic heterocycles. The number of nitrogens with zero attached hydrogens (tertiary/aromatic N) is 3. The Morgan fingerprint density at radius 3 is 2.48 bits per heavy atom. The number of nitrogens with one attached hydrogen (secondary N) is 2. The number of rotatable bonds is 9. The average Bonchev–Trinajstić information content (AvgIpc) is 2.79. The molecule has 0 aliphatic heterocycles. The summed E-state index contributed by atoms with van der Waals surface area (Å²) in [4.78, 5) is 4.44. The number of aryl methyl sites for hydroxylation is 3. The van der Waals surface area contributed by atoms with Gasteiger partial charge in [-0.25, -0.2) is 0 Å². The van der Waals surface area contributed by atoms with Crippen LogP contribution in [-0.2, 0) is 6.54 Å². The number of hydrogen-bond donors (Lipinski definition) is 2. The minimum atomic E-state index is -4.07. The number of guanidine groups is 1. The Hall–Kier alpha value is -1.00. The third-order valence-corrected chi connectivity index (χ3v) is 3.42. The summed E-state index contributed by atoms with van der Waals surface area (Å²) in [5.74, 6) is 0.651. The van der Waals surface area contributed by atoms with Crippen LogP contribution < -0.4 is 10.6 Å². The lowest BCUT2D eigenvalue weighted by atomic mass is 10.2. The molecule has 0 amide bonds. The zero-order valence-electron chi connectivity index (χ0n) is 15.1. The summed E-state index contributed by atoms with van der Waals surface area (Å²) in [5, 5.41) is 10.6. The normalized spacial score (nSPS) is 12.0. The highest BCUT2D eigenvalue weighted by Gasteiger charge is 2.25. The van der Waals surface area contributed by atoms with Gasteiger partial charge in [0.05, 0.1) is 5.69 Å². The Labute approximate surface area is 164 Å². The van der Waals surface area contributed by atoms with Crippen molar-refractivity contribution in [2.45, 2.75) is 59.2 Å². The Morgan fingerprint density at radius 2 is 1.92 bits per heavy atom. The van der Waals surface area contributed by atoms with E-state index in [1.165, 1.54) is 0 Å². The summed E-state index contributed by atoms with van der Waals surface area (Å²) in [6, 6.07) is 2.04. The summed E-state index contributed by atoms with van der Waals surface area (Å²) >= 11 is 0. The summed E-state index contributed by atoms with van der Waals surface area (Å²) in [6.07, 6.45) is -3.34. The van der Waals surface area contributed by atoms with E-state index in [1.54, 1.807) is 0 Å². The fourth-order valence-corrected chi connectivity index (χ4v) is 2.31. The molecule has 0 atom stereocenters. The van der Waals surface area contributed by atoms with Gasteiger partial charge in [0.1, 0.15) is 0 Å². The number of unbranched alkanes of at least 4 members (excludes halogenated alkanes) is 1. The van der Waals surface area contributed by atoms with Crippen LogP contribution in [-0.4, -0.2) is 41.6 Å². The van der Waals surface area contributed by atoms with E-state index in [9.17, 15) is 13.2 Å². The topological polar surface area (TPSA) is 54.2 Å². The van der Waals surface area contributed by atoms with Gasteiger partial charge in [0.25, 0.3) is 0 Å². The van der Waals surface area contributed by atoms with E-state index in [1.807, 2.05) is 31.5 Å². The molecule has 9 heteroatoms. The molecule has 0 bridgehead atoms. The molecular weight excluding hydrogens is 446 g/mol. The Kier molecular flexibility index (Phi) is 11.9. The third kappa shape index (κ3) is 11.3. The van der Waals surface area contributed by atoms with Crippen LogP contribution in [0, 0.1) is 13.8 Å². The molecule has 5 nitrogen and oxygen atoms in total. The number of halogens is 4. The summed E-state index contributed by atoms with van der Waals surface area (Å²) < 4.78 is 38.2. The molecule has 1 aromatic rings. The lowest BCUT2D eigenvalue weighted by Gasteiger charge is -2.12. The second kappa shape index (κ2) is 12.4. The van der Waals surface area contributed by atoms with E-state index in [2.05, 4.69) is 20.7 Å². The van der Waals surface area contributed by atoms with Gasteiger partial charge in [0.15, 0.2) is 5.96 Å². The fraction of sp³-hybridized carbons (Fsp3) is 0.750. The Balaban J connectivity index is 0.00000576. The molecule has 0 saturated carbocycles. The van der Waals surface area contributed by atoms with E-state index >= 15 is 0 Å². The first kappa shape index (κ1) is 24.0. The van der Waals surface area contributed by atoms with Crippen molar-refractivity contribution in [1.29, 1.82) is 0 Å². The highest BCUT2D eigenvalue weighted by molar-refractivity contribution is 14.0. The van der Waals surface area contributed by atoms with Crippen LogP contribution in [0.2, 0.25) is 0 Å². The SMILES string of the molecule is CCNC(=NCCCn1nc(C)cc1C)NCCCCC(F)(F)F.I. The number of aromatic nitrogens is 2. The minimum Gasteiger partial charge on any atom is -0.357 e. The van der Waals surface area contributed by atoms with Crippen LogP contribution in [0.15, 0.2) is 11.1 Å². The van der Waals surface area contributed by atoms with Gasteiger partial charge in [-0.1, -0.05) is 0 Å². The van der Waals surface area contributed by atoms with E-state index in [-0.39, 0.29) is 30.4 Å². The number of hydrogen-bond acceptors (Lipinski definition) is 2. The van der Waals surface area contributed by atoms with Crippen molar-refractivity contribution >= 4 is 29.9 Å². The van der Waals surface area contributed by atoms with Gasteiger partial charge in [-0.2, -0.15) is 18.3 Å². The van der Waals surface area contributed by atoms with Gasteiger partial charge >= 0.3 is 6.18 Å². The van der Waals surface area contributed by atoms with E-state index < -0.39 is 12.6 Å². The largest absolute Gasteiger partial charge is 0.389 e. The van der Waals surface area contributed by atoms with Gasteiger partial charge in [0.2, 0.25) is 0 Å². The second-order valence-corrected chi connectivity index (χ2v) is 5.76. The molecule has 1 heterocycles. The predicted molar refractivity (Wildman–Crippen MR) is 106 cm³/mol. The first-order valence-corrected chi connectivity index (χ1v) is 8.42. The maximum absolute atomic E-state index is 12.1. The van der Waals surface area contributed by atoms with Crippen LogP contribution in [0.1, 0.15) is 44.0 Å². The van der Waals surface area contributed by atoms with Gasteiger partial charge in [-0.3, -0.25) is 9.67 Å². The first-order valence-electron chi connectivity index (χ1n) is 8.42. The molecule has 146 valence electrons. The van der Waals surface area contributed by atoms with Gasteiger partial charge in [-0.15, -0.1) is 24.0 Å². The summed E-state index contributed by atoms with van der Waals surface area (Å²) in [7, 11) is 0.